The Morgan fingerprint density at radius 3 is 2.58 bits per heavy atom. The third kappa shape index (κ3) is 4.97. The fourth-order valence-corrected chi connectivity index (χ4v) is 6.07. The quantitative estimate of drug-likeness (QED) is 0.669. The van der Waals surface area contributed by atoms with Gasteiger partial charge in [0.15, 0.2) is 0 Å². The minimum Gasteiger partial charge on any atom is -0.382 e. The van der Waals surface area contributed by atoms with Gasteiger partial charge in [-0.2, -0.15) is 0 Å². The Labute approximate surface area is 156 Å². The van der Waals surface area contributed by atoms with Gasteiger partial charge in [-0.15, -0.1) is 0 Å². The van der Waals surface area contributed by atoms with Crippen LogP contribution in [0.1, 0.15) is 37.3 Å². The molecule has 0 aromatic heterocycles. The van der Waals surface area contributed by atoms with Gasteiger partial charge in [0.05, 0.1) is 16.3 Å². The topological polar surface area (TPSA) is 92.8 Å². The van der Waals surface area contributed by atoms with Crippen LogP contribution in [0, 0.1) is 13.8 Å². The van der Waals surface area contributed by atoms with Gasteiger partial charge in [0.25, 0.3) is 0 Å². The van der Waals surface area contributed by atoms with Gasteiger partial charge in [-0.1, -0.05) is 0 Å². The monoisotopic (exact) mass is 404 g/mol. The fraction of sp³-hybridized carbons (Fsp3) is 0.647. The van der Waals surface area contributed by atoms with Gasteiger partial charge in [-0.25, -0.2) is 21.6 Å². The van der Waals surface area contributed by atoms with Crippen LogP contribution in [-0.2, 0) is 24.8 Å². The Kier molecular flexibility index (Phi) is 7.06. The van der Waals surface area contributed by atoms with Gasteiger partial charge in [-0.05, 0) is 63.3 Å². The van der Waals surface area contributed by atoms with Crippen LogP contribution in [-0.4, -0.2) is 48.9 Å². The van der Waals surface area contributed by atoms with Gasteiger partial charge >= 0.3 is 0 Å². The SMILES string of the molecule is CCOCCCNS(=O)(=O)c1cc(C)c(N2CCCCS2(=O)=O)cc1C. The number of ether oxygens (including phenoxy) is 1. The average molecular weight is 405 g/mol. The summed E-state index contributed by atoms with van der Waals surface area (Å²) in [4.78, 5) is 0.185. The van der Waals surface area contributed by atoms with Gasteiger partial charge in [0.2, 0.25) is 20.0 Å². The molecule has 0 saturated carbocycles. The van der Waals surface area contributed by atoms with Crippen LogP contribution in [0.5, 0.6) is 0 Å². The molecule has 1 aromatic carbocycles. The predicted octanol–water partition coefficient (Wildman–Crippen LogP) is 1.94. The molecule has 1 aromatic rings. The van der Waals surface area contributed by atoms with E-state index in [-0.39, 0.29) is 10.6 Å². The molecule has 1 heterocycles. The maximum atomic E-state index is 12.6. The highest BCUT2D eigenvalue weighted by molar-refractivity contribution is 7.92. The molecule has 1 saturated heterocycles. The van der Waals surface area contributed by atoms with E-state index in [9.17, 15) is 16.8 Å². The first kappa shape index (κ1) is 21.1. The molecule has 26 heavy (non-hydrogen) atoms. The lowest BCUT2D eigenvalue weighted by atomic mass is 10.1. The molecule has 148 valence electrons. The number of hydrogen-bond donors (Lipinski definition) is 1. The first-order chi connectivity index (χ1) is 12.2. The van der Waals surface area contributed by atoms with Crippen LogP contribution in [0.3, 0.4) is 0 Å². The van der Waals surface area contributed by atoms with Crippen molar-refractivity contribution in [2.75, 3.05) is 36.4 Å². The Morgan fingerprint density at radius 1 is 1.19 bits per heavy atom. The molecular weight excluding hydrogens is 376 g/mol. The summed E-state index contributed by atoms with van der Waals surface area (Å²) in [5.41, 5.74) is 1.73. The van der Waals surface area contributed by atoms with Crippen LogP contribution in [0.4, 0.5) is 5.69 Å². The normalized spacial score (nSPS) is 17.4. The molecule has 0 aliphatic carbocycles. The van der Waals surface area contributed by atoms with Gasteiger partial charge < -0.3 is 4.74 Å². The van der Waals surface area contributed by atoms with Crippen molar-refractivity contribution in [3.05, 3.63) is 23.3 Å². The Balaban J connectivity index is 2.23. The minimum absolute atomic E-state index is 0.132. The Hall–Kier alpha value is -1.16. The molecule has 1 N–H and O–H groups in total. The zero-order valence-corrected chi connectivity index (χ0v) is 17.2. The van der Waals surface area contributed by atoms with Gasteiger partial charge in [-0.3, -0.25) is 4.31 Å². The Morgan fingerprint density at radius 2 is 1.92 bits per heavy atom. The molecule has 0 radical (unpaired) electrons. The van der Waals surface area contributed by atoms with Crippen LogP contribution in [0.25, 0.3) is 0 Å². The van der Waals surface area contributed by atoms with Crippen molar-refractivity contribution in [1.82, 2.24) is 4.72 Å². The number of nitrogens with zero attached hydrogens (tertiary/aromatic N) is 1. The van der Waals surface area contributed by atoms with E-state index in [1.165, 1.54) is 4.31 Å². The lowest BCUT2D eigenvalue weighted by Gasteiger charge is -2.30. The first-order valence-electron chi connectivity index (χ1n) is 8.88. The molecule has 7 nitrogen and oxygen atoms in total. The largest absolute Gasteiger partial charge is 0.382 e. The number of benzene rings is 1. The predicted molar refractivity (Wildman–Crippen MR) is 103 cm³/mol. The lowest BCUT2D eigenvalue weighted by Crippen LogP contribution is -2.38. The summed E-state index contributed by atoms with van der Waals surface area (Å²) in [6, 6.07) is 3.21. The molecule has 1 aliphatic heterocycles. The summed E-state index contributed by atoms with van der Waals surface area (Å²) in [6.45, 7) is 7.16. The number of hydrogen-bond acceptors (Lipinski definition) is 5. The van der Waals surface area contributed by atoms with Crippen molar-refractivity contribution in [1.29, 1.82) is 0 Å². The summed E-state index contributed by atoms with van der Waals surface area (Å²) < 4.78 is 59.0. The maximum Gasteiger partial charge on any atom is 0.240 e. The van der Waals surface area contributed by atoms with E-state index in [4.69, 9.17) is 4.74 Å². The minimum atomic E-state index is -3.65. The molecule has 0 amide bonds. The zero-order chi connectivity index (χ0) is 19.4. The first-order valence-corrected chi connectivity index (χ1v) is 12.0. The van der Waals surface area contributed by atoms with E-state index >= 15 is 0 Å². The van der Waals surface area contributed by atoms with Gasteiger partial charge in [0, 0.05) is 26.3 Å². The van der Waals surface area contributed by atoms with E-state index in [0.29, 0.717) is 56.0 Å². The van der Waals surface area contributed by atoms with Crippen molar-refractivity contribution in [2.24, 2.45) is 0 Å². The molecule has 1 aliphatic rings. The van der Waals surface area contributed by atoms with E-state index in [1.54, 1.807) is 26.0 Å². The standard InChI is InChI=1S/C17H28N2O5S2/c1-4-24-10-7-8-18-26(22,23)17-13-14(2)16(12-15(17)3)19-9-5-6-11-25(19,20)21/h12-13,18H,4-11H2,1-3H3. The van der Waals surface area contributed by atoms with Crippen LogP contribution in [0.15, 0.2) is 17.0 Å². The molecular formula is C17H28N2O5S2. The van der Waals surface area contributed by atoms with Gasteiger partial charge in [0.1, 0.15) is 0 Å². The third-order valence-corrected chi connectivity index (χ3v) is 7.82. The second-order valence-corrected chi connectivity index (χ2v) is 10.2. The number of sulfonamides is 2. The number of rotatable bonds is 8. The summed E-state index contributed by atoms with van der Waals surface area (Å²) >= 11 is 0. The highest BCUT2D eigenvalue weighted by Crippen LogP contribution is 2.31. The smallest absolute Gasteiger partial charge is 0.240 e. The van der Waals surface area contributed by atoms with Crippen molar-refractivity contribution in [3.63, 3.8) is 0 Å². The highest BCUT2D eigenvalue weighted by atomic mass is 32.2. The molecule has 1 fully saturated rings. The second-order valence-electron chi connectivity index (χ2n) is 6.45. The molecule has 9 heteroatoms. The summed E-state index contributed by atoms with van der Waals surface area (Å²) in [6.07, 6.45) is 2.06. The maximum absolute atomic E-state index is 12.6. The lowest BCUT2D eigenvalue weighted by molar-refractivity contribution is 0.146. The zero-order valence-electron chi connectivity index (χ0n) is 15.6. The number of anilines is 1. The molecule has 0 bridgehead atoms. The number of aryl methyl sites for hydroxylation is 2. The van der Waals surface area contributed by atoms with Crippen molar-refractivity contribution >= 4 is 25.7 Å². The third-order valence-electron chi connectivity index (χ3n) is 4.36. The van der Waals surface area contributed by atoms with Crippen LogP contribution in [0.2, 0.25) is 0 Å². The number of nitrogens with one attached hydrogen (secondary N) is 1. The van der Waals surface area contributed by atoms with Crippen molar-refractivity contribution in [2.45, 2.75) is 44.9 Å². The molecule has 0 unspecified atom stereocenters. The molecule has 2 rings (SSSR count). The average Bonchev–Trinajstić information content (AvgIpc) is 2.56. The van der Waals surface area contributed by atoms with Crippen LogP contribution < -0.4 is 9.03 Å². The summed E-state index contributed by atoms with van der Waals surface area (Å²) in [7, 11) is -6.98. The Bertz CT molecular complexity index is 835. The summed E-state index contributed by atoms with van der Waals surface area (Å²) in [5, 5.41) is 0. The van der Waals surface area contributed by atoms with E-state index in [1.807, 2.05) is 6.92 Å². The van der Waals surface area contributed by atoms with E-state index < -0.39 is 20.0 Å². The summed E-state index contributed by atoms with van der Waals surface area (Å²) in [5.74, 6) is 0.132. The van der Waals surface area contributed by atoms with E-state index in [2.05, 4.69) is 4.72 Å². The highest BCUT2D eigenvalue weighted by Gasteiger charge is 2.28. The second kappa shape index (κ2) is 8.69. The van der Waals surface area contributed by atoms with Crippen LogP contribution >= 0.6 is 0 Å². The fourth-order valence-electron chi connectivity index (χ4n) is 2.99. The molecule has 0 atom stereocenters. The molecule has 0 spiro atoms. The van der Waals surface area contributed by atoms with E-state index in [0.717, 1.165) is 6.42 Å². The van der Waals surface area contributed by atoms with Crippen molar-refractivity contribution in [3.8, 4) is 0 Å². The van der Waals surface area contributed by atoms with Crippen molar-refractivity contribution < 1.29 is 21.6 Å².